The highest BCUT2D eigenvalue weighted by atomic mass is 35.5. The average Bonchev–Trinajstić information content (AvgIpc) is 2.82. The Hall–Kier alpha value is -0.460. The lowest BCUT2D eigenvalue weighted by molar-refractivity contribution is 0.559. The largest absolute Gasteiger partial charge is 0.271 e. The molecule has 18 heavy (non-hydrogen) atoms. The third-order valence-electron chi connectivity index (χ3n) is 2.89. The molecule has 1 unspecified atom stereocenters. The summed E-state index contributed by atoms with van der Waals surface area (Å²) in [6.07, 6.45) is 0.773. The van der Waals surface area contributed by atoms with Crippen molar-refractivity contribution in [2.75, 3.05) is 0 Å². The van der Waals surface area contributed by atoms with E-state index in [-0.39, 0.29) is 6.04 Å². The minimum atomic E-state index is 0.0288. The zero-order chi connectivity index (χ0) is 13.3. The Labute approximate surface area is 120 Å². The van der Waals surface area contributed by atoms with Gasteiger partial charge in [-0.1, -0.05) is 11.6 Å². The predicted octanol–water partition coefficient (Wildman–Crippen LogP) is 3.53. The Balaban J connectivity index is 2.22. The standard InChI is InChI=1S/C12H16ClN3S2/c1-6-5-17-12(11(6)13)9(16-14)4-10-15-7(2)8(3)18-10/h5,9,16H,4,14H2,1-3H3. The summed E-state index contributed by atoms with van der Waals surface area (Å²) in [4.78, 5) is 6.89. The van der Waals surface area contributed by atoms with Crippen molar-refractivity contribution in [1.29, 1.82) is 0 Å². The van der Waals surface area contributed by atoms with Gasteiger partial charge in [-0.25, -0.2) is 4.98 Å². The van der Waals surface area contributed by atoms with Gasteiger partial charge in [0.15, 0.2) is 0 Å². The van der Waals surface area contributed by atoms with Gasteiger partial charge in [-0.3, -0.25) is 11.3 Å². The number of thiazole rings is 1. The van der Waals surface area contributed by atoms with E-state index in [1.54, 1.807) is 22.7 Å². The van der Waals surface area contributed by atoms with E-state index in [0.29, 0.717) is 0 Å². The molecule has 0 aliphatic carbocycles. The lowest BCUT2D eigenvalue weighted by atomic mass is 10.1. The van der Waals surface area contributed by atoms with Gasteiger partial charge in [-0.15, -0.1) is 22.7 Å². The second-order valence-corrected chi connectivity index (χ2v) is 6.85. The SMILES string of the molecule is Cc1csc(C(Cc2nc(C)c(C)s2)NN)c1Cl. The van der Waals surface area contributed by atoms with Gasteiger partial charge in [0.05, 0.1) is 21.8 Å². The molecule has 0 amide bonds. The van der Waals surface area contributed by atoms with Gasteiger partial charge >= 0.3 is 0 Å². The van der Waals surface area contributed by atoms with E-state index in [1.807, 2.05) is 13.8 Å². The first-order valence-corrected chi connectivity index (χ1v) is 7.72. The molecule has 2 heterocycles. The number of hydrazine groups is 1. The van der Waals surface area contributed by atoms with Gasteiger partial charge in [0.1, 0.15) is 0 Å². The van der Waals surface area contributed by atoms with Crippen LogP contribution >= 0.6 is 34.3 Å². The number of aryl methyl sites for hydroxylation is 3. The van der Waals surface area contributed by atoms with E-state index >= 15 is 0 Å². The van der Waals surface area contributed by atoms with Gasteiger partial charge in [0, 0.05) is 16.2 Å². The van der Waals surface area contributed by atoms with Crippen molar-refractivity contribution in [1.82, 2.24) is 10.4 Å². The first-order chi connectivity index (χ1) is 8.52. The van der Waals surface area contributed by atoms with E-state index in [1.165, 1.54) is 4.88 Å². The van der Waals surface area contributed by atoms with Crippen LogP contribution in [0, 0.1) is 20.8 Å². The van der Waals surface area contributed by atoms with Gasteiger partial charge in [0.2, 0.25) is 0 Å². The minimum Gasteiger partial charge on any atom is -0.271 e. The number of thiophene rings is 1. The number of hydrogen-bond acceptors (Lipinski definition) is 5. The lowest BCUT2D eigenvalue weighted by Gasteiger charge is -2.13. The number of hydrogen-bond donors (Lipinski definition) is 2. The van der Waals surface area contributed by atoms with Crippen LogP contribution in [0.25, 0.3) is 0 Å². The van der Waals surface area contributed by atoms with Crippen LogP contribution in [-0.4, -0.2) is 4.98 Å². The Morgan fingerprint density at radius 1 is 1.44 bits per heavy atom. The molecule has 98 valence electrons. The molecular weight excluding hydrogens is 286 g/mol. The van der Waals surface area contributed by atoms with Crippen LogP contribution in [0.5, 0.6) is 0 Å². The Kier molecular flexibility index (Phi) is 4.40. The van der Waals surface area contributed by atoms with E-state index in [9.17, 15) is 0 Å². The first kappa shape index (κ1) is 14.0. The number of rotatable bonds is 4. The molecule has 0 aromatic carbocycles. The summed E-state index contributed by atoms with van der Waals surface area (Å²) in [5.41, 5.74) is 5.04. The maximum atomic E-state index is 6.28. The summed E-state index contributed by atoms with van der Waals surface area (Å²) in [5, 5.41) is 3.96. The molecule has 0 fully saturated rings. The highest BCUT2D eigenvalue weighted by Gasteiger charge is 2.19. The highest BCUT2D eigenvalue weighted by Crippen LogP contribution is 2.34. The fraction of sp³-hybridized carbons (Fsp3) is 0.417. The van der Waals surface area contributed by atoms with E-state index in [4.69, 9.17) is 17.4 Å². The molecule has 0 bridgehead atoms. The number of nitrogens with two attached hydrogens (primary N) is 1. The highest BCUT2D eigenvalue weighted by molar-refractivity contribution is 7.12. The van der Waals surface area contributed by atoms with E-state index in [0.717, 1.165) is 32.6 Å². The molecule has 1 atom stereocenters. The summed E-state index contributed by atoms with van der Waals surface area (Å²) < 4.78 is 0. The van der Waals surface area contributed by atoms with Crippen molar-refractivity contribution in [2.24, 2.45) is 5.84 Å². The second kappa shape index (κ2) is 5.67. The Morgan fingerprint density at radius 2 is 2.17 bits per heavy atom. The smallest absolute Gasteiger partial charge is 0.0950 e. The fourth-order valence-electron chi connectivity index (χ4n) is 1.71. The van der Waals surface area contributed by atoms with Crippen LogP contribution < -0.4 is 11.3 Å². The normalized spacial score (nSPS) is 12.9. The molecule has 0 aliphatic rings. The van der Waals surface area contributed by atoms with Crippen molar-refractivity contribution in [2.45, 2.75) is 33.2 Å². The molecule has 3 N–H and O–H groups in total. The minimum absolute atomic E-state index is 0.0288. The molecule has 2 aromatic heterocycles. The molecule has 6 heteroatoms. The van der Waals surface area contributed by atoms with Crippen LogP contribution in [0.4, 0.5) is 0 Å². The van der Waals surface area contributed by atoms with E-state index < -0.39 is 0 Å². The monoisotopic (exact) mass is 301 g/mol. The maximum Gasteiger partial charge on any atom is 0.0950 e. The van der Waals surface area contributed by atoms with Crippen molar-refractivity contribution in [3.8, 4) is 0 Å². The van der Waals surface area contributed by atoms with Crippen molar-refractivity contribution in [3.05, 3.63) is 36.4 Å². The summed E-state index contributed by atoms with van der Waals surface area (Å²) in [7, 11) is 0. The third kappa shape index (κ3) is 2.75. The molecule has 3 nitrogen and oxygen atoms in total. The molecule has 0 saturated heterocycles. The van der Waals surface area contributed by atoms with Crippen molar-refractivity contribution >= 4 is 34.3 Å². The molecule has 0 aliphatic heterocycles. The number of aromatic nitrogens is 1. The lowest BCUT2D eigenvalue weighted by Crippen LogP contribution is -2.29. The molecule has 2 aromatic rings. The number of halogens is 1. The number of nitrogens with zero attached hydrogens (tertiary/aromatic N) is 1. The zero-order valence-corrected chi connectivity index (χ0v) is 13.0. The van der Waals surface area contributed by atoms with Crippen LogP contribution in [-0.2, 0) is 6.42 Å². The molecule has 0 radical (unpaired) electrons. The maximum absolute atomic E-state index is 6.28. The molecular formula is C12H16ClN3S2. The van der Waals surface area contributed by atoms with Gasteiger partial charge < -0.3 is 0 Å². The topological polar surface area (TPSA) is 50.9 Å². The summed E-state index contributed by atoms with van der Waals surface area (Å²) >= 11 is 9.64. The van der Waals surface area contributed by atoms with Crippen LogP contribution in [0.3, 0.4) is 0 Å². The van der Waals surface area contributed by atoms with Crippen LogP contribution in [0.1, 0.15) is 32.1 Å². The Morgan fingerprint density at radius 3 is 2.61 bits per heavy atom. The molecule has 0 saturated carbocycles. The quantitative estimate of drug-likeness (QED) is 0.671. The van der Waals surface area contributed by atoms with Crippen LogP contribution in [0.15, 0.2) is 5.38 Å². The summed E-state index contributed by atoms with van der Waals surface area (Å²) in [5.74, 6) is 5.65. The third-order valence-corrected chi connectivity index (χ3v) is 5.82. The van der Waals surface area contributed by atoms with Crippen molar-refractivity contribution < 1.29 is 0 Å². The Bertz CT molecular complexity index is 528. The molecule has 0 spiro atoms. The molecule has 2 rings (SSSR count). The summed E-state index contributed by atoms with van der Waals surface area (Å²) in [6, 6.07) is 0.0288. The van der Waals surface area contributed by atoms with E-state index in [2.05, 4.69) is 22.7 Å². The predicted molar refractivity (Wildman–Crippen MR) is 79.4 cm³/mol. The second-order valence-electron chi connectivity index (χ2n) is 4.27. The average molecular weight is 302 g/mol. The summed E-state index contributed by atoms with van der Waals surface area (Å²) in [6.45, 7) is 6.12. The van der Waals surface area contributed by atoms with Crippen LogP contribution in [0.2, 0.25) is 5.02 Å². The van der Waals surface area contributed by atoms with Crippen molar-refractivity contribution in [3.63, 3.8) is 0 Å². The van der Waals surface area contributed by atoms with Gasteiger partial charge in [-0.2, -0.15) is 0 Å². The fourth-order valence-corrected chi connectivity index (χ4v) is 4.08. The van der Waals surface area contributed by atoms with Gasteiger partial charge in [0.25, 0.3) is 0 Å². The number of nitrogens with one attached hydrogen (secondary N) is 1. The first-order valence-electron chi connectivity index (χ1n) is 5.65. The zero-order valence-electron chi connectivity index (χ0n) is 10.6. The van der Waals surface area contributed by atoms with Gasteiger partial charge in [-0.05, 0) is 31.7 Å².